The van der Waals surface area contributed by atoms with Crippen molar-refractivity contribution in [2.45, 2.75) is 68.0 Å². The molecule has 84 heavy (non-hydrogen) atoms. The largest absolute Gasteiger partial charge is 0.756 e. The van der Waals surface area contributed by atoms with Crippen molar-refractivity contribution >= 4 is 82.5 Å². The van der Waals surface area contributed by atoms with Gasteiger partial charge in [0, 0.05) is 32.1 Å². The van der Waals surface area contributed by atoms with Gasteiger partial charge < -0.3 is 80.3 Å². The number of benzene rings is 1. The Bertz CT molecular complexity index is 3870. The first-order chi connectivity index (χ1) is 39.8. The Balaban J connectivity index is 0.834. The molecule has 0 radical (unpaired) electrons. The first-order valence-electron chi connectivity index (χ1n) is 24.6. The second-order valence-electron chi connectivity index (χ2n) is 18.9. The summed E-state index contributed by atoms with van der Waals surface area (Å²) in [7, 11) is -21.7. The van der Waals surface area contributed by atoms with Gasteiger partial charge in [-0.15, -0.1) is 0 Å². The van der Waals surface area contributed by atoms with E-state index in [4.69, 9.17) is 48.5 Å². The van der Waals surface area contributed by atoms with Gasteiger partial charge >= 0.3 is 21.3 Å². The van der Waals surface area contributed by atoms with Crippen LogP contribution in [0.3, 0.4) is 0 Å². The highest BCUT2D eigenvalue weighted by atomic mass is 31.3. The van der Waals surface area contributed by atoms with Crippen LogP contribution in [-0.2, 0) is 77.5 Å². The Labute approximate surface area is 469 Å². The van der Waals surface area contributed by atoms with Crippen molar-refractivity contribution in [3.63, 3.8) is 0 Å². The van der Waals surface area contributed by atoms with Crippen molar-refractivity contribution in [1.82, 2.24) is 53.6 Å². The van der Waals surface area contributed by atoms with Gasteiger partial charge in [0.15, 0.2) is 53.2 Å². The number of nitrogens with one attached hydrogen (secondary N) is 3. The average Bonchev–Trinajstić information content (AvgIpc) is 2.71. The molecule has 3 aliphatic heterocycles. The van der Waals surface area contributed by atoms with E-state index in [1.54, 1.807) is 0 Å². The smallest absolute Gasteiger partial charge is 0.478 e. The van der Waals surface area contributed by atoms with E-state index in [1.165, 1.54) is 39.7 Å². The number of aryl methyl sites for hydroxylation is 1. The van der Waals surface area contributed by atoms with Crippen LogP contribution in [0, 0.1) is 11.8 Å². The summed E-state index contributed by atoms with van der Waals surface area (Å²) in [5, 5.41) is 45.7. The standard InChI is InChI=1S/C41H53N15O24P4/c1-53-17-56(34-26(53)36(62)52-41(43)50-34)37-20(10-58)19(9-57)21(75-37)11-73-82(65,66)79-84(69,70)80-83(67,68)74-13-23-29(30(71-2)39(77-23)54-15-47-24-31(45-14-46-32(24)54)44-8-18-6-4-3-5-7-18)78-81(63,64)72-12-22-27(59)28(60)38(76-22)55-16-48-25-33(55)49-40(42)51-35(25)61/h3-7,14-17,19-23,27-30,37-39,57-60H,8-13H2,1-2H3,(H10-,42,43,44,45,46,49,50,51,52,61,62,63,64,65,66,67,68,69,70)/p-1/t19?,20?,21-,22-,23-,27?,28?,29?,30?,37-,38-,39-/m1/s1. The first kappa shape index (κ1) is 61.2. The predicted molar refractivity (Wildman–Crippen MR) is 273 cm³/mol. The summed E-state index contributed by atoms with van der Waals surface area (Å²) in [4.78, 5) is 103. The summed E-state index contributed by atoms with van der Waals surface area (Å²) < 4.78 is 111. The Morgan fingerprint density at radius 2 is 1.38 bits per heavy atom. The zero-order chi connectivity index (χ0) is 60.2. The number of hydrogen-bond acceptors (Lipinski definition) is 31. The lowest BCUT2D eigenvalue weighted by atomic mass is 9.91. The van der Waals surface area contributed by atoms with E-state index in [9.17, 15) is 67.8 Å². The summed E-state index contributed by atoms with van der Waals surface area (Å²) in [5.74, 6) is -2.47. The molecular formula is C41H52N15O24P4-. The zero-order valence-electron chi connectivity index (χ0n) is 43.3. The third kappa shape index (κ3) is 12.7. The predicted octanol–water partition coefficient (Wildman–Crippen LogP) is -3.45. The van der Waals surface area contributed by atoms with Gasteiger partial charge in [-0.25, -0.2) is 42.3 Å². The van der Waals surface area contributed by atoms with Gasteiger partial charge in [0.05, 0.1) is 52.2 Å². The summed E-state index contributed by atoms with van der Waals surface area (Å²) in [5.41, 5.74) is 10.8. The number of hydrogen-bond donors (Lipinski definition) is 11. The fourth-order valence-electron chi connectivity index (χ4n) is 9.85. The molecular weight excluding hydrogens is 1210 g/mol. The highest BCUT2D eigenvalue weighted by Crippen LogP contribution is 2.65. The molecule has 7 aromatic rings. The molecule has 3 saturated heterocycles. The van der Waals surface area contributed by atoms with Crippen molar-refractivity contribution in [1.29, 1.82) is 0 Å². The molecule has 0 spiro atoms. The lowest BCUT2D eigenvalue weighted by molar-refractivity contribution is -0.746. The van der Waals surface area contributed by atoms with Crippen LogP contribution >= 0.6 is 31.3 Å². The number of methoxy groups -OCH3 is 1. The van der Waals surface area contributed by atoms with Crippen molar-refractivity contribution in [2.75, 3.05) is 56.9 Å². The van der Waals surface area contributed by atoms with Crippen molar-refractivity contribution in [3.05, 3.63) is 81.9 Å². The minimum absolute atomic E-state index is 0.0194. The number of phosphoric acid groups is 4. The van der Waals surface area contributed by atoms with Gasteiger partial charge in [0.2, 0.25) is 11.5 Å². The van der Waals surface area contributed by atoms with E-state index < -0.39 is 149 Å². The zero-order valence-corrected chi connectivity index (χ0v) is 46.9. The molecule has 1 aromatic carbocycles. The fourth-order valence-corrected chi connectivity index (χ4v) is 14.2. The fraction of sp³-hybridized carbons (Fsp3) is 0.488. The molecule has 9 heterocycles. The molecule has 456 valence electrons. The normalized spacial score (nSPS) is 28.4. The monoisotopic (exact) mass is 1260 g/mol. The molecule has 10 rings (SSSR count). The quantitative estimate of drug-likeness (QED) is 0.0207. The molecule has 0 aliphatic carbocycles. The van der Waals surface area contributed by atoms with Gasteiger partial charge in [-0.2, -0.15) is 4.98 Å². The molecule has 0 amide bonds. The molecule has 16 atom stereocenters. The number of nitrogen functional groups attached to an aromatic ring is 2. The molecule has 3 aliphatic rings. The minimum Gasteiger partial charge on any atom is -0.756 e. The first-order valence-corrected chi connectivity index (χ1v) is 30.5. The molecule has 0 saturated carbocycles. The van der Waals surface area contributed by atoms with Crippen LogP contribution < -0.4 is 42.3 Å². The third-order valence-corrected chi connectivity index (χ3v) is 18.8. The van der Waals surface area contributed by atoms with Crippen LogP contribution in [0.2, 0.25) is 0 Å². The topological polar surface area (TPSA) is 554 Å². The number of imidazole rings is 3. The number of aromatic amines is 2. The number of aromatic nitrogens is 12. The van der Waals surface area contributed by atoms with E-state index >= 15 is 0 Å². The van der Waals surface area contributed by atoms with Crippen molar-refractivity contribution in [3.8, 4) is 0 Å². The van der Waals surface area contributed by atoms with E-state index in [0.717, 1.165) is 23.6 Å². The van der Waals surface area contributed by atoms with E-state index in [1.807, 2.05) is 30.3 Å². The lowest BCUT2D eigenvalue weighted by Gasteiger charge is -2.32. The maximum atomic E-state index is 13.9. The van der Waals surface area contributed by atoms with Gasteiger partial charge in [-0.05, 0) is 5.56 Å². The van der Waals surface area contributed by atoms with Gasteiger partial charge in [-0.3, -0.25) is 56.0 Å². The van der Waals surface area contributed by atoms with Crippen LogP contribution in [0.4, 0.5) is 17.7 Å². The maximum Gasteiger partial charge on any atom is 0.478 e. The Morgan fingerprint density at radius 1 is 0.738 bits per heavy atom. The van der Waals surface area contributed by atoms with E-state index in [-0.39, 0.29) is 51.2 Å². The Kier molecular flexibility index (Phi) is 17.5. The lowest BCUT2D eigenvalue weighted by Crippen LogP contribution is -2.44. The van der Waals surface area contributed by atoms with Crippen molar-refractivity contribution < 1.29 is 108 Å². The highest BCUT2D eigenvalue weighted by Gasteiger charge is 2.53. The number of rotatable bonds is 24. The number of anilines is 3. The molecule has 43 heteroatoms. The number of nitrogens with zero attached hydrogens (tertiary/aromatic N) is 10. The molecule has 10 unspecified atom stereocenters. The second kappa shape index (κ2) is 24.1. The number of ether oxygens (including phenoxy) is 4. The van der Waals surface area contributed by atoms with Crippen LogP contribution in [-0.4, -0.2) is 167 Å². The van der Waals surface area contributed by atoms with Crippen LogP contribution in [0.1, 0.15) is 24.2 Å². The Morgan fingerprint density at radius 3 is 2.10 bits per heavy atom. The second-order valence-corrected chi connectivity index (χ2v) is 24.9. The SMILES string of the molecule is COC1C(OP(=O)(O)OC[C@H]2O[C@@H](n3cnc4c(=O)[nH]c(N)nc43)C(O)C2O)[C@@H](COP(=O)([O-])OP(=O)([O-])OP(=O)(O)OC[C@H]2O[C@@H]([n+]3cn(C)c4c(=O)[nH]c(N)nc43)C(CO)C2CO)O[C@H]1n1cnc2c(NCc3ccccc3)ncnc21. The molecule has 6 aromatic heterocycles. The van der Waals surface area contributed by atoms with Gasteiger partial charge in [0.25, 0.3) is 32.7 Å². The summed E-state index contributed by atoms with van der Waals surface area (Å²) in [6.45, 7) is -4.51. The number of H-pyrrole nitrogens is 2. The minimum atomic E-state index is -6.53. The van der Waals surface area contributed by atoms with Crippen molar-refractivity contribution in [2.24, 2.45) is 18.9 Å². The summed E-state index contributed by atoms with van der Waals surface area (Å²) >= 11 is 0. The Hall–Kier alpha value is -5.93. The van der Waals surface area contributed by atoms with Crippen LogP contribution in [0.5, 0.6) is 0 Å². The number of fused-ring (bicyclic) bond motifs is 3. The summed E-state index contributed by atoms with van der Waals surface area (Å²) in [6, 6.07) is 9.19. The highest BCUT2D eigenvalue weighted by molar-refractivity contribution is 7.65. The number of nitrogens with two attached hydrogens (primary N) is 2. The van der Waals surface area contributed by atoms with Gasteiger partial charge in [-0.1, -0.05) is 35.3 Å². The number of phosphoric ester groups is 3. The number of aliphatic hydroxyl groups excluding tert-OH is 4. The molecule has 39 nitrogen and oxygen atoms in total. The molecule has 3 fully saturated rings. The molecule has 13 N–H and O–H groups in total. The maximum absolute atomic E-state index is 13.9. The van der Waals surface area contributed by atoms with Crippen LogP contribution in [0.15, 0.2) is 65.2 Å². The van der Waals surface area contributed by atoms with Gasteiger partial charge in [0.1, 0.15) is 43.0 Å². The van der Waals surface area contributed by atoms with E-state index in [0.29, 0.717) is 6.54 Å². The summed E-state index contributed by atoms with van der Waals surface area (Å²) in [6.07, 6.45) is -11.5. The van der Waals surface area contributed by atoms with Crippen LogP contribution in [0.25, 0.3) is 33.5 Å². The van der Waals surface area contributed by atoms with E-state index in [2.05, 4.69) is 53.8 Å². The number of aliphatic hydroxyl groups is 4. The average molecular weight is 1260 g/mol. The third-order valence-electron chi connectivity index (χ3n) is 13.6. The molecule has 0 bridgehead atoms.